The first kappa shape index (κ1) is 13.7. The van der Waals surface area contributed by atoms with Crippen LogP contribution in [0.15, 0.2) is 12.1 Å². The van der Waals surface area contributed by atoms with Crippen molar-refractivity contribution < 1.29 is 13.2 Å². The standard InChI is InChI=1S/C10H12F3N3S/c1-5(2)15-9-6(8(14)17)3-4-7(16-9)10(11,12)13/h3-5H,1-2H3,(H2,14,17)(H,15,16). The van der Waals surface area contributed by atoms with E-state index < -0.39 is 11.9 Å². The number of nitrogens with one attached hydrogen (secondary N) is 1. The highest BCUT2D eigenvalue weighted by Gasteiger charge is 2.33. The average molecular weight is 263 g/mol. The molecular formula is C10H12F3N3S. The van der Waals surface area contributed by atoms with Crippen molar-refractivity contribution in [2.24, 2.45) is 5.73 Å². The van der Waals surface area contributed by atoms with Crippen molar-refractivity contribution in [2.45, 2.75) is 26.1 Å². The molecule has 0 atom stereocenters. The van der Waals surface area contributed by atoms with Crippen LogP contribution in [0.25, 0.3) is 0 Å². The highest BCUT2D eigenvalue weighted by atomic mass is 32.1. The smallest absolute Gasteiger partial charge is 0.389 e. The fourth-order valence-electron chi connectivity index (χ4n) is 1.20. The fraction of sp³-hybridized carbons (Fsp3) is 0.400. The Morgan fingerprint density at radius 2 is 2.00 bits per heavy atom. The molecule has 94 valence electrons. The zero-order chi connectivity index (χ0) is 13.2. The van der Waals surface area contributed by atoms with E-state index in [0.29, 0.717) is 5.56 Å². The first-order valence-corrected chi connectivity index (χ1v) is 5.27. The molecule has 0 saturated heterocycles. The topological polar surface area (TPSA) is 50.9 Å². The lowest BCUT2D eigenvalue weighted by atomic mass is 10.2. The number of rotatable bonds is 3. The first-order chi connectivity index (χ1) is 7.71. The zero-order valence-electron chi connectivity index (χ0n) is 9.30. The van der Waals surface area contributed by atoms with Crippen molar-refractivity contribution >= 4 is 23.0 Å². The van der Waals surface area contributed by atoms with Crippen molar-refractivity contribution in [1.29, 1.82) is 0 Å². The number of nitrogens with two attached hydrogens (primary N) is 1. The largest absolute Gasteiger partial charge is 0.433 e. The Morgan fingerprint density at radius 3 is 2.41 bits per heavy atom. The summed E-state index contributed by atoms with van der Waals surface area (Å²) in [4.78, 5) is 3.51. The fourth-order valence-corrected chi connectivity index (χ4v) is 1.36. The Bertz CT molecular complexity index is 429. The molecule has 1 aromatic heterocycles. The summed E-state index contributed by atoms with van der Waals surface area (Å²) >= 11 is 4.76. The lowest BCUT2D eigenvalue weighted by molar-refractivity contribution is -0.141. The molecule has 0 radical (unpaired) electrons. The number of hydrogen-bond acceptors (Lipinski definition) is 3. The molecule has 0 spiro atoms. The molecular weight excluding hydrogens is 251 g/mol. The molecule has 0 saturated carbocycles. The maximum Gasteiger partial charge on any atom is 0.433 e. The van der Waals surface area contributed by atoms with Crippen molar-refractivity contribution in [2.75, 3.05) is 5.32 Å². The van der Waals surface area contributed by atoms with Crippen molar-refractivity contribution in [3.05, 3.63) is 23.4 Å². The third kappa shape index (κ3) is 3.55. The average Bonchev–Trinajstić information content (AvgIpc) is 2.14. The van der Waals surface area contributed by atoms with E-state index in [2.05, 4.69) is 10.3 Å². The van der Waals surface area contributed by atoms with Crippen molar-refractivity contribution in [1.82, 2.24) is 4.98 Å². The van der Waals surface area contributed by atoms with Crippen molar-refractivity contribution in [3.8, 4) is 0 Å². The van der Waals surface area contributed by atoms with Crippen molar-refractivity contribution in [3.63, 3.8) is 0 Å². The summed E-state index contributed by atoms with van der Waals surface area (Å²) in [5.74, 6) is 0.0577. The number of nitrogens with zero attached hydrogens (tertiary/aromatic N) is 1. The molecule has 0 amide bonds. The molecule has 0 bridgehead atoms. The van der Waals surface area contributed by atoms with Gasteiger partial charge in [-0.15, -0.1) is 0 Å². The number of pyridine rings is 1. The Kier molecular flexibility index (Phi) is 3.92. The Morgan fingerprint density at radius 1 is 1.41 bits per heavy atom. The molecule has 0 aliphatic carbocycles. The van der Waals surface area contributed by atoms with E-state index in [9.17, 15) is 13.2 Å². The van der Waals surface area contributed by atoms with Gasteiger partial charge in [0.25, 0.3) is 0 Å². The van der Waals surface area contributed by atoms with Gasteiger partial charge in [0.05, 0.1) is 5.56 Å². The number of alkyl halides is 3. The van der Waals surface area contributed by atoms with Gasteiger partial charge in [0.1, 0.15) is 16.5 Å². The predicted molar refractivity (Wildman–Crippen MR) is 63.9 cm³/mol. The van der Waals surface area contributed by atoms with Crippen LogP contribution in [0.1, 0.15) is 25.1 Å². The summed E-state index contributed by atoms with van der Waals surface area (Å²) in [6.45, 7) is 3.57. The van der Waals surface area contributed by atoms with Gasteiger partial charge in [-0.05, 0) is 26.0 Å². The molecule has 0 aliphatic rings. The van der Waals surface area contributed by atoms with Crippen LogP contribution in [0.4, 0.5) is 19.0 Å². The third-order valence-electron chi connectivity index (χ3n) is 1.88. The minimum absolute atomic E-state index is 0.00868. The zero-order valence-corrected chi connectivity index (χ0v) is 10.1. The van der Waals surface area contributed by atoms with Gasteiger partial charge in [-0.2, -0.15) is 13.2 Å². The summed E-state index contributed by atoms with van der Waals surface area (Å²) in [6, 6.07) is 2.02. The molecule has 0 unspecified atom stereocenters. The van der Waals surface area contributed by atoms with Gasteiger partial charge in [-0.1, -0.05) is 12.2 Å². The summed E-state index contributed by atoms with van der Waals surface area (Å²) in [7, 11) is 0. The second-order valence-corrected chi connectivity index (χ2v) is 4.19. The monoisotopic (exact) mass is 263 g/mol. The van der Waals surface area contributed by atoms with E-state index in [1.165, 1.54) is 6.07 Å². The van der Waals surface area contributed by atoms with Crippen LogP contribution in [0, 0.1) is 0 Å². The minimum Gasteiger partial charge on any atom is -0.389 e. The summed E-state index contributed by atoms with van der Waals surface area (Å²) < 4.78 is 37.5. The van der Waals surface area contributed by atoms with E-state index in [1.54, 1.807) is 13.8 Å². The molecule has 1 rings (SSSR count). The second-order valence-electron chi connectivity index (χ2n) is 3.75. The van der Waals surface area contributed by atoms with Crippen LogP contribution in [-0.4, -0.2) is 16.0 Å². The maximum absolute atomic E-state index is 12.5. The van der Waals surface area contributed by atoms with Gasteiger partial charge in [0.15, 0.2) is 0 Å². The molecule has 0 fully saturated rings. The minimum atomic E-state index is -4.48. The maximum atomic E-state index is 12.5. The van der Waals surface area contributed by atoms with Gasteiger partial charge in [0, 0.05) is 6.04 Å². The first-order valence-electron chi connectivity index (χ1n) is 4.86. The lowest BCUT2D eigenvalue weighted by Gasteiger charge is -2.15. The van der Waals surface area contributed by atoms with Gasteiger partial charge < -0.3 is 11.1 Å². The highest BCUT2D eigenvalue weighted by Crippen LogP contribution is 2.29. The third-order valence-corrected chi connectivity index (χ3v) is 2.10. The van der Waals surface area contributed by atoms with E-state index in [1.807, 2.05) is 0 Å². The van der Waals surface area contributed by atoms with Gasteiger partial charge in [0.2, 0.25) is 0 Å². The van der Waals surface area contributed by atoms with E-state index in [4.69, 9.17) is 18.0 Å². The Labute approximate surface area is 102 Å². The molecule has 3 N–H and O–H groups in total. The van der Waals surface area contributed by atoms with Crippen LogP contribution in [-0.2, 0) is 6.18 Å². The molecule has 17 heavy (non-hydrogen) atoms. The highest BCUT2D eigenvalue weighted by molar-refractivity contribution is 7.80. The molecule has 0 aliphatic heterocycles. The summed E-state index contributed by atoms with van der Waals surface area (Å²) in [5.41, 5.74) is 4.76. The van der Waals surface area contributed by atoms with Gasteiger partial charge >= 0.3 is 6.18 Å². The number of thiocarbonyl (C=S) groups is 1. The quantitative estimate of drug-likeness (QED) is 0.823. The predicted octanol–water partition coefficient (Wildman–Crippen LogP) is 2.55. The normalized spacial score (nSPS) is 11.6. The van der Waals surface area contributed by atoms with Gasteiger partial charge in [-0.3, -0.25) is 0 Å². The summed E-state index contributed by atoms with van der Waals surface area (Å²) in [5, 5.41) is 2.79. The Balaban J connectivity index is 3.24. The molecule has 1 heterocycles. The lowest BCUT2D eigenvalue weighted by Crippen LogP contribution is -2.20. The number of halogens is 3. The van der Waals surface area contributed by atoms with Crippen LogP contribution >= 0.6 is 12.2 Å². The Hall–Kier alpha value is -1.37. The second kappa shape index (κ2) is 4.87. The summed E-state index contributed by atoms with van der Waals surface area (Å²) in [6.07, 6.45) is -4.48. The molecule has 0 aromatic carbocycles. The molecule has 7 heteroatoms. The van der Waals surface area contributed by atoms with E-state index in [-0.39, 0.29) is 16.8 Å². The molecule has 3 nitrogen and oxygen atoms in total. The van der Waals surface area contributed by atoms with Crippen LogP contribution in [0.3, 0.4) is 0 Å². The SMILES string of the molecule is CC(C)Nc1nc(C(F)(F)F)ccc1C(N)=S. The number of hydrogen-bond donors (Lipinski definition) is 2. The van der Waals surface area contributed by atoms with Crippen LogP contribution in [0.2, 0.25) is 0 Å². The number of aromatic nitrogens is 1. The van der Waals surface area contributed by atoms with E-state index in [0.717, 1.165) is 6.07 Å². The van der Waals surface area contributed by atoms with E-state index >= 15 is 0 Å². The van der Waals surface area contributed by atoms with Crippen LogP contribution < -0.4 is 11.1 Å². The van der Waals surface area contributed by atoms with Gasteiger partial charge in [-0.25, -0.2) is 4.98 Å². The molecule has 1 aromatic rings. The van der Waals surface area contributed by atoms with Crippen LogP contribution in [0.5, 0.6) is 0 Å². The number of anilines is 1.